The molecule has 12 heteroatoms. The molecule has 2 heterocycles. The number of nitrogens with zero attached hydrogens (tertiary/aromatic N) is 4. The zero-order valence-electron chi connectivity index (χ0n) is 15.8. The number of hydrogen-bond donors (Lipinski definition) is 1. The van der Waals surface area contributed by atoms with Gasteiger partial charge in [0.05, 0.1) is 16.7 Å². The van der Waals surface area contributed by atoms with Gasteiger partial charge in [0.15, 0.2) is 21.3 Å². The van der Waals surface area contributed by atoms with E-state index in [9.17, 15) is 21.6 Å². The highest BCUT2D eigenvalue weighted by Gasteiger charge is 2.40. The number of halogens is 3. The van der Waals surface area contributed by atoms with Crippen molar-refractivity contribution in [3.63, 3.8) is 0 Å². The Labute approximate surface area is 165 Å². The van der Waals surface area contributed by atoms with Crippen LogP contribution in [-0.2, 0) is 20.9 Å². The molecule has 3 rings (SSSR count). The van der Waals surface area contributed by atoms with Gasteiger partial charge in [0.2, 0.25) is 0 Å². The van der Waals surface area contributed by atoms with Crippen molar-refractivity contribution in [1.82, 2.24) is 14.8 Å². The van der Waals surface area contributed by atoms with Gasteiger partial charge < -0.3 is 10.2 Å². The molecule has 0 atom stereocenters. The normalized spacial score (nSPS) is 15.9. The molecule has 0 aromatic carbocycles. The van der Waals surface area contributed by atoms with Crippen molar-refractivity contribution in [1.29, 1.82) is 0 Å². The van der Waals surface area contributed by atoms with Crippen LogP contribution < -0.4 is 5.32 Å². The molecule has 29 heavy (non-hydrogen) atoms. The summed E-state index contributed by atoms with van der Waals surface area (Å²) in [7, 11) is -2.27. The number of alkyl halides is 3. The van der Waals surface area contributed by atoms with Crippen molar-refractivity contribution in [2.75, 3.05) is 18.7 Å². The first-order valence-electron chi connectivity index (χ1n) is 8.81. The van der Waals surface area contributed by atoms with Gasteiger partial charge in [0, 0.05) is 18.5 Å². The number of hydrogen-bond acceptors (Lipinski definition) is 7. The average molecular weight is 431 g/mol. The Hall–Kier alpha value is -2.63. The van der Waals surface area contributed by atoms with E-state index in [0.717, 1.165) is 49.0 Å². The second kappa shape index (κ2) is 8.01. The number of oxime groups is 1. The van der Waals surface area contributed by atoms with E-state index in [1.807, 2.05) is 0 Å². The van der Waals surface area contributed by atoms with Crippen molar-refractivity contribution < 1.29 is 26.4 Å². The molecule has 1 N–H and O–H groups in total. The molecule has 0 saturated heterocycles. The Balaban J connectivity index is 2.15. The molecule has 0 spiro atoms. The van der Waals surface area contributed by atoms with Crippen LogP contribution in [0, 0.1) is 0 Å². The Morgan fingerprint density at radius 2 is 2.00 bits per heavy atom. The topological polar surface area (TPSA) is 98.5 Å². The molecule has 2 aromatic heterocycles. The van der Waals surface area contributed by atoms with Crippen LogP contribution in [0.15, 0.2) is 28.4 Å². The molecular formula is C17H20F3N5O3S. The highest BCUT2D eigenvalue weighted by molar-refractivity contribution is 7.90. The molecule has 1 aliphatic rings. The molecule has 1 aliphatic carbocycles. The lowest BCUT2D eigenvalue weighted by Crippen LogP contribution is -2.19. The van der Waals surface area contributed by atoms with Crippen LogP contribution in [0.1, 0.15) is 36.9 Å². The van der Waals surface area contributed by atoms with Gasteiger partial charge in [-0.3, -0.25) is 0 Å². The Kier molecular flexibility index (Phi) is 5.82. The summed E-state index contributed by atoms with van der Waals surface area (Å²) in [5.74, 6) is 0.116. The maximum atomic E-state index is 13.6. The third-order valence-corrected chi connectivity index (χ3v) is 5.64. The second-order valence-electron chi connectivity index (χ2n) is 6.69. The molecule has 1 saturated carbocycles. The minimum absolute atomic E-state index is 0.0171. The molecule has 0 amide bonds. The van der Waals surface area contributed by atoms with Crippen molar-refractivity contribution in [3.8, 4) is 5.82 Å². The largest absolute Gasteiger partial charge is 0.435 e. The van der Waals surface area contributed by atoms with Crippen molar-refractivity contribution >= 4 is 21.9 Å². The Morgan fingerprint density at radius 1 is 1.31 bits per heavy atom. The van der Waals surface area contributed by atoms with Gasteiger partial charge in [0.1, 0.15) is 12.9 Å². The first-order chi connectivity index (χ1) is 13.6. The van der Waals surface area contributed by atoms with Crippen LogP contribution in [0.4, 0.5) is 19.0 Å². The van der Waals surface area contributed by atoms with E-state index in [1.165, 1.54) is 19.2 Å². The SMILES string of the molecule is CO/N=C/c1c(C(F)(F)F)nn(-c2ccc(S(C)(=O)=O)cn2)c1NC1CCCC1. The second-order valence-corrected chi connectivity index (χ2v) is 8.70. The molecule has 0 bridgehead atoms. The first-order valence-corrected chi connectivity index (χ1v) is 10.7. The Morgan fingerprint density at radius 3 is 2.52 bits per heavy atom. The van der Waals surface area contributed by atoms with E-state index in [2.05, 4.69) is 25.4 Å². The lowest BCUT2D eigenvalue weighted by Gasteiger charge is -2.16. The summed E-state index contributed by atoms with van der Waals surface area (Å²) in [6.07, 6.45) is 1.89. The van der Waals surface area contributed by atoms with E-state index in [4.69, 9.17) is 0 Å². The van der Waals surface area contributed by atoms with E-state index in [0.29, 0.717) is 0 Å². The molecule has 0 aliphatic heterocycles. The number of aromatic nitrogens is 3. The summed E-state index contributed by atoms with van der Waals surface area (Å²) in [6.45, 7) is 0. The maximum absolute atomic E-state index is 13.6. The molecule has 0 radical (unpaired) electrons. The molecule has 2 aromatic rings. The average Bonchev–Trinajstić information content (AvgIpc) is 3.27. The summed E-state index contributed by atoms with van der Waals surface area (Å²) in [5.41, 5.74) is -1.42. The maximum Gasteiger partial charge on any atom is 0.435 e. The zero-order valence-corrected chi connectivity index (χ0v) is 16.6. The summed E-state index contributed by atoms with van der Waals surface area (Å²) in [5, 5.41) is 10.3. The van der Waals surface area contributed by atoms with Crippen LogP contribution in [0.2, 0.25) is 0 Å². The summed E-state index contributed by atoms with van der Waals surface area (Å²) < 4.78 is 65.1. The summed E-state index contributed by atoms with van der Waals surface area (Å²) >= 11 is 0. The van der Waals surface area contributed by atoms with Crippen LogP contribution >= 0.6 is 0 Å². The quantitative estimate of drug-likeness (QED) is 0.558. The van der Waals surface area contributed by atoms with E-state index >= 15 is 0 Å². The predicted octanol–water partition coefficient (Wildman–Crippen LogP) is 3.02. The zero-order chi connectivity index (χ0) is 21.2. The number of anilines is 1. The third-order valence-electron chi connectivity index (χ3n) is 4.54. The van der Waals surface area contributed by atoms with E-state index in [1.54, 1.807) is 0 Å². The van der Waals surface area contributed by atoms with Gasteiger partial charge >= 0.3 is 6.18 Å². The van der Waals surface area contributed by atoms with Crippen LogP contribution in [0.5, 0.6) is 0 Å². The number of sulfone groups is 1. The van der Waals surface area contributed by atoms with Crippen LogP contribution in [-0.4, -0.2) is 48.8 Å². The van der Waals surface area contributed by atoms with Crippen molar-refractivity contribution in [2.24, 2.45) is 5.16 Å². The number of pyridine rings is 1. The Bertz CT molecular complexity index is 995. The standard InChI is InChI=1S/C17H20F3N5O3S/c1-28-22-10-13-15(17(18,19)20)24-25(16(13)23-11-5-3-4-6-11)14-8-7-12(9-21-14)29(2,26)27/h7-11,23H,3-6H2,1-2H3/b22-10+. The van der Waals surface area contributed by atoms with Gasteiger partial charge in [-0.1, -0.05) is 18.0 Å². The number of rotatable bonds is 6. The van der Waals surface area contributed by atoms with E-state index in [-0.39, 0.29) is 28.1 Å². The minimum Gasteiger partial charge on any atom is -0.399 e. The fourth-order valence-electron chi connectivity index (χ4n) is 3.15. The van der Waals surface area contributed by atoms with Gasteiger partial charge in [-0.2, -0.15) is 23.0 Å². The fourth-order valence-corrected chi connectivity index (χ4v) is 3.71. The van der Waals surface area contributed by atoms with Gasteiger partial charge in [0.25, 0.3) is 0 Å². The summed E-state index contributed by atoms with van der Waals surface area (Å²) in [6, 6.07) is 2.56. The predicted molar refractivity (Wildman–Crippen MR) is 100.0 cm³/mol. The van der Waals surface area contributed by atoms with Crippen molar-refractivity contribution in [3.05, 3.63) is 29.6 Å². The highest BCUT2D eigenvalue weighted by Crippen LogP contribution is 2.36. The lowest BCUT2D eigenvalue weighted by molar-refractivity contribution is -0.141. The van der Waals surface area contributed by atoms with Crippen LogP contribution in [0.25, 0.3) is 5.82 Å². The highest BCUT2D eigenvalue weighted by atomic mass is 32.2. The van der Waals surface area contributed by atoms with Crippen LogP contribution in [0.3, 0.4) is 0 Å². The molecule has 158 valence electrons. The monoisotopic (exact) mass is 431 g/mol. The number of nitrogens with one attached hydrogen (secondary N) is 1. The van der Waals surface area contributed by atoms with Gasteiger partial charge in [-0.15, -0.1) is 0 Å². The van der Waals surface area contributed by atoms with Crippen molar-refractivity contribution in [2.45, 2.75) is 42.8 Å². The molecule has 8 nitrogen and oxygen atoms in total. The summed E-state index contributed by atoms with van der Waals surface area (Å²) in [4.78, 5) is 8.52. The molecule has 1 fully saturated rings. The first kappa shape index (κ1) is 21.1. The lowest BCUT2D eigenvalue weighted by atomic mass is 10.2. The minimum atomic E-state index is -4.74. The van der Waals surface area contributed by atoms with Gasteiger partial charge in [-0.05, 0) is 25.0 Å². The fraction of sp³-hybridized carbons (Fsp3) is 0.471. The smallest absolute Gasteiger partial charge is 0.399 e. The molecule has 0 unspecified atom stereocenters. The third kappa shape index (κ3) is 4.69. The molecular weight excluding hydrogens is 411 g/mol. The van der Waals surface area contributed by atoms with Gasteiger partial charge in [-0.25, -0.2) is 13.4 Å². The van der Waals surface area contributed by atoms with E-state index < -0.39 is 21.7 Å².